The zero-order chi connectivity index (χ0) is 18.9. The highest BCUT2D eigenvalue weighted by atomic mass is 16.6. The number of rotatable bonds is 2. The van der Waals surface area contributed by atoms with E-state index in [-0.39, 0.29) is 17.0 Å². The normalized spacial score (nSPS) is 48.3. The third-order valence-corrected chi connectivity index (χ3v) is 9.39. The molecule has 4 aliphatic carbocycles. The van der Waals surface area contributed by atoms with Crippen molar-refractivity contribution in [2.75, 3.05) is 6.61 Å². The van der Waals surface area contributed by atoms with E-state index in [2.05, 4.69) is 32.9 Å². The zero-order valence-electron chi connectivity index (χ0n) is 17.2. The van der Waals surface area contributed by atoms with E-state index in [0.717, 1.165) is 37.7 Å². The Morgan fingerprint density at radius 3 is 2.67 bits per heavy atom. The maximum atomic E-state index is 12.0. The van der Waals surface area contributed by atoms with Gasteiger partial charge in [0.1, 0.15) is 5.60 Å². The second kappa shape index (κ2) is 5.87. The Balaban J connectivity index is 1.46. The summed E-state index contributed by atoms with van der Waals surface area (Å²) >= 11 is 0. The van der Waals surface area contributed by atoms with E-state index in [1.165, 1.54) is 43.4 Å². The SMILES string of the molecule is CCOC1=CC2=CC[C@H]3[C@@H](CC[C@@]4(C)[C@H]3CC[C@@]43CCC(=O)O3)[C@@]2(C)CC1. The Morgan fingerprint density at radius 1 is 1.11 bits per heavy atom. The van der Waals surface area contributed by atoms with Crippen LogP contribution in [0.2, 0.25) is 0 Å². The molecule has 27 heavy (non-hydrogen) atoms. The fraction of sp³-hybridized carbons (Fsp3) is 0.792. The Labute approximate surface area is 163 Å². The van der Waals surface area contributed by atoms with E-state index in [4.69, 9.17) is 9.47 Å². The molecule has 0 aromatic rings. The molecule has 0 aromatic heterocycles. The Bertz CT molecular complexity index is 721. The van der Waals surface area contributed by atoms with Gasteiger partial charge in [-0.25, -0.2) is 0 Å². The summed E-state index contributed by atoms with van der Waals surface area (Å²) in [6.07, 6.45) is 14.8. The van der Waals surface area contributed by atoms with Crippen molar-refractivity contribution in [1.29, 1.82) is 0 Å². The molecule has 1 spiro atoms. The lowest BCUT2D eigenvalue weighted by atomic mass is 9.47. The van der Waals surface area contributed by atoms with Gasteiger partial charge >= 0.3 is 5.97 Å². The summed E-state index contributed by atoms with van der Waals surface area (Å²) < 4.78 is 11.9. The van der Waals surface area contributed by atoms with Crippen LogP contribution in [0.1, 0.15) is 78.6 Å². The number of hydrogen-bond donors (Lipinski definition) is 0. The average molecular weight is 371 g/mol. The van der Waals surface area contributed by atoms with Gasteiger partial charge in [-0.05, 0) is 86.7 Å². The Morgan fingerprint density at radius 2 is 1.93 bits per heavy atom. The maximum absolute atomic E-state index is 12.0. The van der Waals surface area contributed by atoms with Crippen LogP contribution in [-0.2, 0) is 14.3 Å². The summed E-state index contributed by atoms with van der Waals surface area (Å²) in [5, 5.41) is 0. The highest BCUT2D eigenvalue weighted by molar-refractivity contribution is 5.72. The van der Waals surface area contributed by atoms with Gasteiger partial charge in [-0.15, -0.1) is 0 Å². The van der Waals surface area contributed by atoms with Crippen LogP contribution in [-0.4, -0.2) is 18.2 Å². The summed E-state index contributed by atoms with van der Waals surface area (Å²) in [6, 6.07) is 0. The Kier molecular flexibility index (Phi) is 3.88. The van der Waals surface area contributed by atoms with E-state index >= 15 is 0 Å². The molecule has 1 saturated heterocycles. The third kappa shape index (κ3) is 2.29. The first-order valence-corrected chi connectivity index (χ1v) is 11.2. The number of fused-ring (bicyclic) bond motifs is 6. The maximum Gasteiger partial charge on any atom is 0.306 e. The van der Waals surface area contributed by atoms with Crippen LogP contribution in [0, 0.1) is 28.6 Å². The predicted octanol–water partition coefficient (Wildman–Crippen LogP) is 5.56. The molecule has 5 aliphatic rings. The van der Waals surface area contributed by atoms with Crippen molar-refractivity contribution in [3.8, 4) is 0 Å². The standard InChI is InChI=1S/C24H34O3/c1-4-26-17-7-11-22(2)16(15-17)5-6-18-19(22)8-12-23(3)20(18)9-13-24(23)14-10-21(25)27-24/h5,15,18-20H,4,6-14H2,1-3H3/t18-,19+,20-,22-,23-,24+/m0/s1. The number of carbonyl (C=O) groups excluding carboxylic acids is 1. The number of hydrogen-bond acceptors (Lipinski definition) is 3. The van der Waals surface area contributed by atoms with Gasteiger partial charge in [0.2, 0.25) is 0 Å². The van der Waals surface area contributed by atoms with Crippen LogP contribution in [0.4, 0.5) is 0 Å². The molecule has 1 heterocycles. The molecular formula is C24H34O3. The van der Waals surface area contributed by atoms with Gasteiger partial charge in [0, 0.05) is 18.3 Å². The molecule has 0 unspecified atom stereocenters. The molecule has 3 nitrogen and oxygen atoms in total. The Hall–Kier alpha value is -1.25. The summed E-state index contributed by atoms with van der Waals surface area (Å²) in [5.74, 6) is 3.44. The number of carbonyl (C=O) groups is 1. The topological polar surface area (TPSA) is 35.5 Å². The van der Waals surface area contributed by atoms with Crippen molar-refractivity contribution in [2.24, 2.45) is 28.6 Å². The molecular weight excluding hydrogens is 336 g/mol. The van der Waals surface area contributed by atoms with Crippen LogP contribution in [0.15, 0.2) is 23.5 Å². The van der Waals surface area contributed by atoms with Gasteiger partial charge < -0.3 is 9.47 Å². The monoisotopic (exact) mass is 370 g/mol. The molecule has 2 saturated carbocycles. The van der Waals surface area contributed by atoms with Gasteiger partial charge in [-0.3, -0.25) is 4.79 Å². The fourth-order valence-electron chi connectivity index (χ4n) is 7.89. The van der Waals surface area contributed by atoms with Crippen molar-refractivity contribution in [3.05, 3.63) is 23.5 Å². The predicted molar refractivity (Wildman–Crippen MR) is 105 cm³/mol. The highest BCUT2D eigenvalue weighted by Gasteiger charge is 2.66. The molecule has 6 atom stereocenters. The molecule has 0 bridgehead atoms. The average Bonchev–Trinajstić information content (AvgIpc) is 3.16. The van der Waals surface area contributed by atoms with Crippen molar-refractivity contribution in [2.45, 2.75) is 84.2 Å². The minimum absolute atomic E-state index is 0.0395. The van der Waals surface area contributed by atoms with E-state index in [0.29, 0.717) is 17.8 Å². The van der Waals surface area contributed by atoms with Crippen LogP contribution < -0.4 is 0 Å². The number of allylic oxidation sites excluding steroid dienone is 4. The van der Waals surface area contributed by atoms with Crippen molar-refractivity contribution >= 4 is 5.97 Å². The molecule has 5 rings (SSSR count). The fourth-order valence-corrected chi connectivity index (χ4v) is 7.89. The lowest BCUT2D eigenvalue weighted by Gasteiger charge is -2.58. The molecule has 0 aromatic carbocycles. The molecule has 3 fully saturated rings. The molecule has 0 amide bonds. The van der Waals surface area contributed by atoms with E-state index in [1.807, 2.05) is 0 Å². The first kappa shape index (κ1) is 17.8. The molecule has 0 radical (unpaired) electrons. The minimum Gasteiger partial charge on any atom is -0.498 e. The van der Waals surface area contributed by atoms with Crippen molar-refractivity contribution < 1.29 is 14.3 Å². The molecule has 148 valence electrons. The summed E-state index contributed by atoms with van der Waals surface area (Å²) in [5.41, 5.74) is 1.86. The van der Waals surface area contributed by atoms with Crippen LogP contribution in [0.5, 0.6) is 0 Å². The smallest absolute Gasteiger partial charge is 0.306 e. The largest absolute Gasteiger partial charge is 0.498 e. The van der Waals surface area contributed by atoms with E-state index in [9.17, 15) is 4.79 Å². The number of ether oxygens (including phenoxy) is 2. The van der Waals surface area contributed by atoms with Gasteiger partial charge in [0.15, 0.2) is 0 Å². The second-order valence-corrected chi connectivity index (χ2v) is 10.2. The van der Waals surface area contributed by atoms with E-state index < -0.39 is 0 Å². The molecule has 1 aliphatic heterocycles. The number of esters is 1. The third-order valence-electron chi connectivity index (χ3n) is 9.39. The van der Waals surface area contributed by atoms with E-state index in [1.54, 1.807) is 0 Å². The second-order valence-electron chi connectivity index (χ2n) is 10.2. The van der Waals surface area contributed by atoms with Crippen LogP contribution >= 0.6 is 0 Å². The van der Waals surface area contributed by atoms with Gasteiger partial charge in [0.25, 0.3) is 0 Å². The highest BCUT2D eigenvalue weighted by Crippen LogP contribution is 2.69. The summed E-state index contributed by atoms with van der Waals surface area (Å²) in [4.78, 5) is 12.0. The van der Waals surface area contributed by atoms with Gasteiger partial charge in [-0.2, -0.15) is 0 Å². The van der Waals surface area contributed by atoms with Crippen LogP contribution in [0.25, 0.3) is 0 Å². The summed E-state index contributed by atoms with van der Waals surface area (Å²) in [6.45, 7) is 7.81. The molecule has 0 N–H and O–H groups in total. The lowest BCUT2D eigenvalue weighted by Crippen LogP contribution is -2.54. The quantitative estimate of drug-likeness (QED) is 0.597. The first-order valence-electron chi connectivity index (χ1n) is 11.2. The van der Waals surface area contributed by atoms with Gasteiger partial charge in [-0.1, -0.05) is 19.9 Å². The zero-order valence-corrected chi connectivity index (χ0v) is 17.2. The lowest BCUT2D eigenvalue weighted by molar-refractivity contribution is -0.167. The molecule has 3 heteroatoms. The van der Waals surface area contributed by atoms with Crippen LogP contribution in [0.3, 0.4) is 0 Å². The van der Waals surface area contributed by atoms with Gasteiger partial charge in [0.05, 0.1) is 12.4 Å². The first-order chi connectivity index (χ1) is 12.9. The van der Waals surface area contributed by atoms with Crippen molar-refractivity contribution in [3.63, 3.8) is 0 Å². The minimum atomic E-state index is -0.154. The van der Waals surface area contributed by atoms with Crippen molar-refractivity contribution in [1.82, 2.24) is 0 Å². The summed E-state index contributed by atoms with van der Waals surface area (Å²) in [7, 11) is 0.